The lowest BCUT2D eigenvalue weighted by atomic mass is 10.1. The zero-order chi connectivity index (χ0) is 11.0. The number of hydrogen-bond acceptors (Lipinski definition) is 3. The van der Waals surface area contributed by atoms with Crippen LogP contribution in [0.5, 0.6) is 0 Å². The predicted octanol–water partition coefficient (Wildman–Crippen LogP) is 2.05. The van der Waals surface area contributed by atoms with Gasteiger partial charge in [0.2, 0.25) is 0 Å². The van der Waals surface area contributed by atoms with E-state index in [1.165, 1.54) is 58.3 Å². The fourth-order valence-electron chi connectivity index (χ4n) is 3.81. The van der Waals surface area contributed by atoms with E-state index in [0.29, 0.717) is 0 Å². The molecule has 1 saturated carbocycles. The van der Waals surface area contributed by atoms with Gasteiger partial charge in [0.25, 0.3) is 0 Å². The molecule has 1 aliphatic carbocycles. The van der Waals surface area contributed by atoms with Crippen molar-refractivity contribution in [1.82, 2.24) is 9.80 Å². The molecule has 3 heteroatoms. The average molecular weight is 240 g/mol. The minimum Gasteiger partial charge on any atom is -0.298 e. The van der Waals surface area contributed by atoms with Crippen LogP contribution in [0.3, 0.4) is 0 Å². The maximum atomic E-state index is 2.81. The van der Waals surface area contributed by atoms with Gasteiger partial charge in [-0.25, -0.2) is 0 Å². The summed E-state index contributed by atoms with van der Waals surface area (Å²) in [6.07, 6.45) is 9.54. The summed E-state index contributed by atoms with van der Waals surface area (Å²) in [4.78, 5) is 5.53. The molecule has 92 valence electrons. The standard InChI is InChI=1S/C13H24N2S/c1-16-13-5-4-11(9-13)15-8-7-14-6-2-3-12(14)10-15/h11-13H,2-10H2,1H3. The van der Waals surface area contributed by atoms with Crippen LogP contribution in [0.15, 0.2) is 0 Å². The molecule has 3 aliphatic rings. The second kappa shape index (κ2) is 4.87. The summed E-state index contributed by atoms with van der Waals surface area (Å²) in [6.45, 7) is 5.41. The average Bonchev–Trinajstić information content (AvgIpc) is 2.96. The topological polar surface area (TPSA) is 6.48 Å². The van der Waals surface area contributed by atoms with Crippen molar-refractivity contribution in [3.63, 3.8) is 0 Å². The van der Waals surface area contributed by atoms with Gasteiger partial charge in [0.15, 0.2) is 0 Å². The number of fused-ring (bicyclic) bond motifs is 1. The van der Waals surface area contributed by atoms with E-state index in [0.717, 1.165) is 17.3 Å². The molecule has 0 bridgehead atoms. The summed E-state index contributed by atoms with van der Waals surface area (Å²) in [7, 11) is 0. The van der Waals surface area contributed by atoms with Gasteiger partial charge in [-0.3, -0.25) is 9.80 Å². The van der Waals surface area contributed by atoms with E-state index >= 15 is 0 Å². The van der Waals surface area contributed by atoms with Crippen molar-refractivity contribution >= 4 is 11.8 Å². The van der Waals surface area contributed by atoms with Crippen LogP contribution in [-0.2, 0) is 0 Å². The van der Waals surface area contributed by atoms with Crippen LogP contribution < -0.4 is 0 Å². The van der Waals surface area contributed by atoms with Gasteiger partial charge >= 0.3 is 0 Å². The van der Waals surface area contributed by atoms with Gasteiger partial charge in [-0.15, -0.1) is 0 Å². The minimum absolute atomic E-state index is 0.905. The van der Waals surface area contributed by atoms with Crippen LogP contribution in [-0.4, -0.2) is 59.6 Å². The molecule has 0 aromatic carbocycles. The Kier molecular flexibility index (Phi) is 3.46. The van der Waals surface area contributed by atoms with E-state index in [-0.39, 0.29) is 0 Å². The highest BCUT2D eigenvalue weighted by atomic mass is 32.2. The van der Waals surface area contributed by atoms with Crippen molar-refractivity contribution in [2.24, 2.45) is 0 Å². The second-order valence-corrected chi connectivity index (χ2v) is 6.79. The second-order valence-electron chi connectivity index (χ2n) is 5.65. The molecule has 3 unspecified atom stereocenters. The zero-order valence-electron chi connectivity index (χ0n) is 10.4. The highest BCUT2D eigenvalue weighted by molar-refractivity contribution is 7.99. The molecule has 0 aromatic rings. The van der Waals surface area contributed by atoms with Crippen molar-refractivity contribution in [2.45, 2.75) is 49.4 Å². The Morgan fingerprint density at radius 3 is 2.62 bits per heavy atom. The molecule has 0 N–H and O–H groups in total. The predicted molar refractivity (Wildman–Crippen MR) is 71.1 cm³/mol. The highest BCUT2D eigenvalue weighted by Crippen LogP contribution is 2.33. The molecular weight excluding hydrogens is 216 g/mol. The monoisotopic (exact) mass is 240 g/mol. The highest BCUT2D eigenvalue weighted by Gasteiger charge is 2.35. The molecule has 2 heterocycles. The Labute approximate surface area is 104 Å². The zero-order valence-corrected chi connectivity index (χ0v) is 11.2. The maximum absolute atomic E-state index is 2.81. The van der Waals surface area contributed by atoms with Crippen molar-refractivity contribution < 1.29 is 0 Å². The lowest BCUT2D eigenvalue weighted by Gasteiger charge is -2.40. The van der Waals surface area contributed by atoms with E-state index in [9.17, 15) is 0 Å². The van der Waals surface area contributed by atoms with Crippen molar-refractivity contribution in [1.29, 1.82) is 0 Å². The molecule has 2 aliphatic heterocycles. The Morgan fingerprint density at radius 1 is 0.938 bits per heavy atom. The van der Waals surface area contributed by atoms with Crippen LogP contribution >= 0.6 is 11.8 Å². The van der Waals surface area contributed by atoms with E-state index < -0.39 is 0 Å². The lowest BCUT2D eigenvalue weighted by Crippen LogP contribution is -2.52. The van der Waals surface area contributed by atoms with Gasteiger partial charge in [-0.05, 0) is 44.9 Å². The van der Waals surface area contributed by atoms with Gasteiger partial charge in [-0.2, -0.15) is 11.8 Å². The summed E-state index contributed by atoms with van der Waals surface area (Å²) in [6, 6.07) is 1.82. The molecule has 0 aromatic heterocycles. The first-order chi connectivity index (χ1) is 7.86. The maximum Gasteiger partial charge on any atom is 0.0224 e. The summed E-state index contributed by atoms with van der Waals surface area (Å²) >= 11 is 2.08. The van der Waals surface area contributed by atoms with Crippen LogP contribution in [0.2, 0.25) is 0 Å². The van der Waals surface area contributed by atoms with E-state index in [4.69, 9.17) is 0 Å². The quantitative estimate of drug-likeness (QED) is 0.729. The first-order valence-electron chi connectivity index (χ1n) is 6.87. The summed E-state index contributed by atoms with van der Waals surface area (Å²) in [5, 5.41) is 0.951. The SMILES string of the molecule is CSC1CCC(N2CCN3CCCC3C2)C1. The normalized spacial score (nSPS) is 41.4. The summed E-state index contributed by atoms with van der Waals surface area (Å²) in [5.41, 5.74) is 0. The Balaban J connectivity index is 1.56. The van der Waals surface area contributed by atoms with Gasteiger partial charge in [0, 0.05) is 37.0 Å². The largest absolute Gasteiger partial charge is 0.298 e. The Morgan fingerprint density at radius 2 is 1.81 bits per heavy atom. The van der Waals surface area contributed by atoms with Crippen molar-refractivity contribution in [2.75, 3.05) is 32.4 Å². The summed E-state index contributed by atoms with van der Waals surface area (Å²) in [5.74, 6) is 0. The van der Waals surface area contributed by atoms with Crippen LogP contribution in [0.4, 0.5) is 0 Å². The van der Waals surface area contributed by atoms with Crippen molar-refractivity contribution in [3.8, 4) is 0 Å². The smallest absolute Gasteiger partial charge is 0.0224 e. The first kappa shape index (κ1) is 11.4. The molecule has 3 fully saturated rings. The third kappa shape index (κ3) is 2.14. The number of rotatable bonds is 2. The molecule has 0 radical (unpaired) electrons. The molecule has 3 rings (SSSR count). The van der Waals surface area contributed by atoms with Gasteiger partial charge < -0.3 is 0 Å². The van der Waals surface area contributed by atoms with Gasteiger partial charge in [-0.1, -0.05) is 0 Å². The number of nitrogens with zero attached hydrogens (tertiary/aromatic N) is 2. The number of hydrogen-bond donors (Lipinski definition) is 0. The first-order valence-corrected chi connectivity index (χ1v) is 8.16. The van der Waals surface area contributed by atoms with Crippen LogP contribution in [0.1, 0.15) is 32.1 Å². The Hall–Kier alpha value is 0.270. The number of thioether (sulfide) groups is 1. The minimum atomic E-state index is 0.905. The molecule has 3 atom stereocenters. The van der Waals surface area contributed by atoms with Crippen molar-refractivity contribution in [3.05, 3.63) is 0 Å². The van der Waals surface area contributed by atoms with E-state index in [2.05, 4.69) is 27.8 Å². The Bertz CT molecular complexity index is 246. The molecule has 2 nitrogen and oxygen atoms in total. The van der Waals surface area contributed by atoms with Crippen LogP contribution in [0, 0.1) is 0 Å². The van der Waals surface area contributed by atoms with Gasteiger partial charge in [0.1, 0.15) is 0 Å². The van der Waals surface area contributed by atoms with Crippen LogP contribution in [0.25, 0.3) is 0 Å². The third-order valence-corrected chi connectivity index (χ3v) is 5.92. The molecule has 0 amide bonds. The summed E-state index contributed by atoms with van der Waals surface area (Å²) < 4.78 is 0. The molecule has 16 heavy (non-hydrogen) atoms. The molecule has 2 saturated heterocycles. The van der Waals surface area contributed by atoms with E-state index in [1.54, 1.807) is 0 Å². The molecule has 0 spiro atoms. The molecular formula is C13H24N2S. The third-order valence-electron chi connectivity index (χ3n) is 4.83. The fourth-order valence-corrected chi connectivity index (χ4v) is 4.60. The lowest BCUT2D eigenvalue weighted by molar-refractivity contribution is 0.0736. The van der Waals surface area contributed by atoms with Gasteiger partial charge in [0.05, 0.1) is 0 Å². The number of piperazine rings is 1. The van der Waals surface area contributed by atoms with E-state index in [1.807, 2.05) is 0 Å². The fraction of sp³-hybridized carbons (Fsp3) is 1.00.